The van der Waals surface area contributed by atoms with Crippen LogP contribution in [0.3, 0.4) is 0 Å². The van der Waals surface area contributed by atoms with E-state index >= 15 is 0 Å². The van der Waals surface area contributed by atoms with E-state index in [1.165, 1.54) is 5.56 Å². The molecule has 5 heteroatoms. The summed E-state index contributed by atoms with van der Waals surface area (Å²) in [6.45, 7) is 3.35. The second-order valence-corrected chi connectivity index (χ2v) is 6.48. The molecule has 0 N–H and O–H groups in total. The minimum absolute atomic E-state index is 0.157. The molecular weight excluding hydrogens is 302 g/mol. The molecule has 0 unspecified atom stereocenters. The highest BCUT2D eigenvalue weighted by atomic mass is 16.5. The van der Waals surface area contributed by atoms with Crippen molar-refractivity contribution >= 4 is 0 Å². The highest BCUT2D eigenvalue weighted by Crippen LogP contribution is 2.31. The fraction of sp³-hybridized carbons (Fsp3) is 0.474. The summed E-state index contributed by atoms with van der Waals surface area (Å²) in [5, 5.41) is 0. The van der Waals surface area contributed by atoms with E-state index in [0.717, 1.165) is 38.2 Å². The van der Waals surface area contributed by atoms with Crippen LogP contribution in [0.1, 0.15) is 24.1 Å². The van der Waals surface area contributed by atoms with Crippen molar-refractivity contribution in [1.29, 1.82) is 0 Å². The summed E-state index contributed by atoms with van der Waals surface area (Å²) >= 11 is 0. The SMILES string of the molecule is c1ccc(CO[C@@H]2CCN(Cc3cccnc3)[C@H]3CCO[C@H]23)nc1. The van der Waals surface area contributed by atoms with Crippen LogP contribution in [0.25, 0.3) is 0 Å². The number of fused-ring (bicyclic) bond motifs is 1. The Morgan fingerprint density at radius 3 is 3.00 bits per heavy atom. The molecule has 0 bridgehead atoms. The van der Waals surface area contributed by atoms with E-state index in [1.807, 2.05) is 42.9 Å². The Balaban J connectivity index is 1.38. The first-order chi connectivity index (χ1) is 11.9. The Kier molecular flexibility index (Phi) is 4.83. The van der Waals surface area contributed by atoms with Crippen LogP contribution in [0, 0.1) is 0 Å². The van der Waals surface area contributed by atoms with E-state index in [-0.39, 0.29) is 12.2 Å². The lowest BCUT2D eigenvalue weighted by molar-refractivity contribution is -0.106. The molecule has 0 spiro atoms. The molecule has 0 saturated carbocycles. The van der Waals surface area contributed by atoms with Gasteiger partial charge in [-0.2, -0.15) is 0 Å². The van der Waals surface area contributed by atoms with Gasteiger partial charge < -0.3 is 9.47 Å². The molecule has 2 aliphatic heterocycles. The van der Waals surface area contributed by atoms with Gasteiger partial charge in [0, 0.05) is 44.3 Å². The van der Waals surface area contributed by atoms with Gasteiger partial charge in [-0.15, -0.1) is 0 Å². The maximum atomic E-state index is 6.15. The van der Waals surface area contributed by atoms with Crippen molar-refractivity contribution in [3.8, 4) is 0 Å². The molecule has 2 aromatic rings. The number of ether oxygens (including phenoxy) is 2. The van der Waals surface area contributed by atoms with Crippen molar-refractivity contribution in [3.63, 3.8) is 0 Å². The minimum atomic E-state index is 0.157. The predicted octanol–water partition coefficient (Wildman–Crippen LogP) is 2.43. The molecule has 0 radical (unpaired) electrons. The Bertz CT molecular complexity index is 638. The van der Waals surface area contributed by atoms with Gasteiger partial charge in [-0.1, -0.05) is 12.1 Å². The van der Waals surface area contributed by atoms with Gasteiger partial charge in [-0.3, -0.25) is 14.9 Å². The molecule has 2 fully saturated rings. The zero-order valence-electron chi connectivity index (χ0n) is 13.8. The largest absolute Gasteiger partial charge is 0.374 e. The molecule has 0 aliphatic carbocycles. The summed E-state index contributed by atoms with van der Waals surface area (Å²) in [7, 11) is 0. The van der Waals surface area contributed by atoms with E-state index in [1.54, 1.807) is 0 Å². The third-order valence-electron chi connectivity index (χ3n) is 4.92. The summed E-state index contributed by atoms with van der Waals surface area (Å²) in [5.41, 5.74) is 2.24. The third kappa shape index (κ3) is 3.48. The van der Waals surface area contributed by atoms with E-state index in [2.05, 4.69) is 20.9 Å². The molecule has 5 nitrogen and oxygen atoms in total. The number of rotatable bonds is 5. The van der Waals surface area contributed by atoms with E-state index in [4.69, 9.17) is 9.47 Å². The summed E-state index contributed by atoms with van der Waals surface area (Å²) in [5.74, 6) is 0. The maximum absolute atomic E-state index is 6.15. The topological polar surface area (TPSA) is 47.5 Å². The minimum Gasteiger partial charge on any atom is -0.374 e. The van der Waals surface area contributed by atoms with Crippen LogP contribution >= 0.6 is 0 Å². The number of likely N-dealkylation sites (tertiary alicyclic amines) is 1. The van der Waals surface area contributed by atoms with E-state index in [0.29, 0.717) is 12.6 Å². The first-order valence-corrected chi connectivity index (χ1v) is 8.66. The van der Waals surface area contributed by atoms with Crippen molar-refractivity contribution in [2.24, 2.45) is 0 Å². The highest BCUT2D eigenvalue weighted by Gasteiger charge is 2.42. The normalized spacial score (nSPS) is 27.1. The molecule has 126 valence electrons. The smallest absolute Gasteiger partial charge is 0.0992 e. The number of hydrogen-bond acceptors (Lipinski definition) is 5. The Morgan fingerprint density at radius 2 is 2.17 bits per heavy atom. The van der Waals surface area contributed by atoms with Gasteiger partial charge in [-0.05, 0) is 36.6 Å². The molecule has 3 atom stereocenters. The second kappa shape index (κ2) is 7.38. The fourth-order valence-corrected chi connectivity index (χ4v) is 3.75. The van der Waals surface area contributed by atoms with Gasteiger partial charge in [-0.25, -0.2) is 0 Å². The fourth-order valence-electron chi connectivity index (χ4n) is 3.75. The van der Waals surface area contributed by atoms with Crippen LogP contribution < -0.4 is 0 Å². The summed E-state index contributed by atoms with van der Waals surface area (Å²) in [6, 6.07) is 10.5. The number of aromatic nitrogens is 2. The Labute approximate surface area is 142 Å². The zero-order valence-corrected chi connectivity index (χ0v) is 13.8. The van der Waals surface area contributed by atoms with Crippen molar-refractivity contribution in [3.05, 3.63) is 60.2 Å². The molecule has 0 aromatic carbocycles. The third-order valence-corrected chi connectivity index (χ3v) is 4.92. The van der Waals surface area contributed by atoms with Crippen molar-refractivity contribution in [2.45, 2.75) is 44.2 Å². The zero-order chi connectivity index (χ0) is 16.2. The average molecular weight is 325 g/mol. The molecule has 2 aromatic heterocycles. The molecule has 0 amide bonds. The Morgan fingerprint density at radius 1 is 1.17 bits per heavy atom. The Hall–Kier alpha value is -1.82. The number of hydrogen-bond donors (Lipinski definition) is 0. The van der Waals surface area contributed by atoms with Crippen LogP contribution in [-0.2, 0) is 22.6 Å². The summed E-state index contributed by atoms with van der Waals surface area (Å²) in [6.07, 6.45) is 7.98. The maximum Gasteiger partial charge on any atom is 0.0992 e. The van der Waals surface area contributed by atoms with Crippen LogP contribution in [0.4, 0.5) is 0 Å². The predicted molar refractivity (Wildman–Crippen MR) is 90.2 cm³/mol. The monoisotopic (exact) mass is 325 g/mol. The van der Waals surface area contributed by atoms with Gasteiger partial charge in [0.2, 0.25) is 0 Å². The van der Waals surface area contributed by atoms with Gasteiger partial charge in [0.15, 0.2) is 0 Å². The first-order valence-electron chi connectivity index (χ1n) is 8.66. The molecule has 2 saturated heterocycles. The summed E-state index contributed by atoms with van der Waals surface area (Å²) < 4.78 is 12.2. The van der Waals surface area contributed by atoms with Gasteiger partial charge in [0.25, 0.3) is 0 Å². The van der Waals surface area contributed by atoms with Gasteiger partial charge >= 0.3 is 0 Å². The van der Waals surface area contributed by atoms with Crippen LogP contribution in [0.2, 0.25) is 0 Å². The average Bonchev–Trinajstić information content (AvgIpc) is 3.13. The lowest BCUT2D eigenvalue weighted by Gasteiger charge is -2.41. The quantitative estimate of drug-likeness (QED) is 0.845. The summed E-state index contributed by atoms with van der Waals surface area (Å²) in [4.78, 5) is 11.1. The van der Waals surface area contributed by atoms with Gasteiger partial charge in [0.05, 0.1) is 24.5 Å². The van der Waals surface area contributed by atoms with Gasteiger partial charge in [0.1, 0.15) is 0 Å². The van der Waals surface area contributed by atoms with Crippen molar-refractivity contribution in [1.82, 2.24) is 14.9 Å². The molecule has 24 heavy (non-hydrogen) atoms. The number of pyridine rings is 2. The van der Waals surface area contributed by atoms with Crippen LogP contribution in [0.15, 0.2) is 48.9 Å². The highest BCUT2D eigenvalue weighted by molar-refractivity contribution is 5.10. The first kappa shape index (κ1) is 15.7. The molecular formula is C19H23N3O2. The molecule has 4 rings (SSSR count). The molecule has 2 aliphatic rings. The van der Waals surface area contributed by atoms with Crippen molar-refractivity contribution in [2.75, 3.05) is 13.2 Å². The van der Waals surface area contributed by atoms with Crippen LogP contribution in [-0.4, -0.2) is 46.3 Å². The lowest BCUT2D eigenvalue weighted by Crippen LogP contribution is -2.52. The van der Waals surface area contributed by atoms with E-state index in [9.17, 15) is 0 Å². The lowest BCUT2D eigenvalue weighted by atomic mass is 9.95. The second-order valence-electron chi connectivity index (χ2n) is 6.48. The number of piperidine rings is 1. The van der Waals surface area contributed by atoms with Crippen LogP contribution in [0.5, 0.6) is 0 Å². The number of nitrogens with zero attached hydrogens (tertiary/aromatic N) is 3. The van der Waals surface area contributed by atoms with Crippen molar-refractivity contribution < 1.29 is 9.47 Å². The molecule has 4 heterocycles. The standard InChI is InChI=1S/C19H23N3O2/c1-2-9-21-16(5-1)14-24-18-6-10-22(17-7-11-23-19(17)18)13-15-4-3-8-20-12-15/h1-5,8-9,12,17-19H,6-7,10-11,13-14H2/t17-,18+,19-/m0/s1. The van der Waals surface area contributed by atoms with E-state index < -0.39 is 0 Å².